The molecular weight excluding hydrogens is 484 g/mol. The average molecular weight is 526 g/mol. The Morgan fingerprint density at radius 3 is 1.60 bits per heavy atom. The van der Waals surface area contributed by atoms with Crippen LogP contribution >= 0.6 is 12.0 Å². The first-order chi connectivity index (χ1) is 17.0. The van der Waals surface area contributed by atoms with Crippen molar-refractivity contribution in [1.29, 1.82) is 0 Å². The Morgan fingerprint density at radius 1 is 0.657 bits per heavy atom. The highest BCUT2D eigenvalue weighted by molar-refractivity contribution is 7.94. The van der Waals surface area contributed by atoms with E-state index in [4.69, 9.17) is 4.74 Å². The zero-order chi connectivity index (χ0) is 25.9. The first-order valence-corrected chi connectivity index (χ1v) is 13.8. The number of hydrogen-bond acceptors (Lipinski definition) is 5. The lowest BCUT2D eigenvalue weighted by atomic mass is 9.94. The summed E-state index contributed by atoms with van der Waals surface area (Å²) in [6.07, 6.45) is 17.9. The van der Waals surface area contributed by atoms with Crippen LogP contribution in [0.25, 0.3) is 0 Å². The van der Waals surface area contributed by atoms with Crippen LogP contribution in [0.5, 0.6) is 5.75 Å². The normalized spacial score (nSPS) is 12.3. The third kappa shape index (κ3) is 12.7. The summed E-state index contributed by atoms with van der Waals surface area (Å²) in [6, 6.07) is 0. The highest BCUT2D eigenvalue weighted by Crippen LogP contribution is 2.38. The van der Waals surface area contributed by atoms with Crippen molar-refractivity contribution in [2.45, 2.75) is 121 Å². The summed E-state index contributed by atoms with van der Waals surface area (Å²) in [6.45, 7) is 4.38. The van der Waals surface area contributed by atoms with E-state index in [1.54, 1.807) is 0 Å². The van der Waals surface area contributed by atoms with E-state index in [0.717, 1.165) is 51.4 Å². The second kappa shape index (κ2) is 20.1. The van der Waals surface area contributed by atoms with Crippen molar-refractivity contribution in [2.75, 3.05) is 6.61 Å². The van der Waals surface area contributed by atoms with Gasteiger partial charge in [-0.1, -0.05) is 104 Å². The van der Waals surface area contributed by atoms with Gasteiger partial charge < -0.3 is 9.99 Å². The minimum atomic E-state index is -2.01. The van der Waals surface area contributed by atoms with Gasteiger partial charge in [-0.15, -0.1) is 0 Å². The van der Waals surface area contributed by atoms with Crippen LogP contribution in [0.2, 0.25) is 0 Å². The maximum Gasteiger partial charge on any atom is 0.205 e. The Bertz CT molecular complexity index is 694. The zero-order valence-corrected chi connectivity index (χ0v) is 22.0. The van der Waals surface area contributed by atoms with Crippen LogP contribution in [-0.4, -0.2) is 6.61 Å². The van der Waals surface area contributed by atoms with Gasteiger partial charge in [0.1, 0.15) is 4.90 Å². The fraction of sp³-hybridized carbons (Fsp3) is 0.769. The Labute approximate surface area is 212 Å². The van der Waals surface area contributed by atoms with Gasteiger partial charge in [-0.3, -0.25) is 5.04 Å². The molecule has 9 heteroatoms. The minimum absolute atomic E-state index is 0.0265. The van der Waals surface area contributed by atoms with Gasteiger partial charge in [0.25, 0.3) is 0 Å². The molecule has 0 heterocycles. The Kier molecular flexibility index (Phi) is 18.4. The standard InChI is InChI=1S/C26H42F4O4S/c1-3-5-7-9-11-12-14-16-18-20(17-15-13-10-8-6-4-2)19-32-25-23(29)21(27)22(28)24(30)26(25)35-34-33-31/h20,31H,3-19H2,1-2H3/p-1. The van der Waals surface area contributed by atoms with Crippen LogP contribution in [0.1, 0.15) is 117 Å². The van der Waals surface area contributed by atoms with E-state index < -0.39 is 33.9 Å². The number of rotatable bonds is 22. The number of halogens is 4. The van der Waals surface area contributed by atoms with Gasteiger partial charge in [0.15, 0.2) is 17.4 Å². The lowest BCUT2D eigenvalue weighted by Gasteiger charge is -2.20. The van der Waals surface area contributed by atoms with Crippen molar-refractivity contribution in [2.24, 2.45) is 5.92 Å². The molecule has 0 saturated heterocycles. The van der Waals surface area contributed by atoms with Crippen molar-refractivity contribution in [1.82, 2.24) is 0 Å². The molecule has 1 unspecified atom stereocenters. The summed E-state index contributed by atoms with van der Waals surface area (Å²) in [5.41, 5.74) is 0. The minimum Gasteiger partial charge on any atom is -0.691 e. The molecule has 0 fully saturated rings. The second-order valence-corrected chi connectivity index (χ2v) is 9.84. The molecule has 1 aromatic rings. The third-order valence-electron chi connectivity index (χ3n) is 6.22. The van der Waals surface area contributed by atoms with E-state index in [9.17, 15) is 22.8 Å². The SMILES string of the molecule is CCCCCCCCCCC(CCCCCCCC)COc1c(F)c(F)c(F)c(F)c1SOO[O-]. The number of unbranched alkanes of at least 4 members (excludes halogenated alkanes) is 12. The highest BCUT2D eigenvalue weighted by atomic mass is 32.2. The van der Waals surface area contributed by atoms with E-state index in [-0.39, 0.29) is 24.6 Å². The van der Waals surface area contributed by atoms with Gasteiger partial charge in [0, 0.05) is 0 Å². The van der Waals surface area contributed by atoms with Crippen LogP contribution < -0.4 is 9.99 Å². The third-order valence-corrected chi connectivity index (χ3v) is 6.88. The van der Waals surface area contributed by atoms with Gasteiger partial charge >= 0.3 is 0 Å². The molecule has 35 heavy (non-hydrogen) atoms. The quantitative estimate of drug-likeness (QED) is 0.0288. The zero-order valence-electron chi connectivity index (χ0n) is 21.2. The molecule has 0 N–H and O–H groups in total. The summed E-state index contributed by atoms with van der Waals surface area (Å²) in [5.74, 6) is -8.09. The van der Waals surface area contributed by atoms with Crippen LogP contribution in [-0.2, 0) is 9.37 Å². The van der Waals surface area contributed by atoms with E-state index >= 15 is 0 Å². The van der Waals surface area contributed by atoms with Crippen LogP contribution in [0, 0.1) is 29.2 Å². The molecule has 0 aliphatic carbocycles. The fourth-order valence-electron chi connectivity index (χ4n) is 4.14. The molecule has 1 rings (SSSR count). The molecule has 0 aromatic heterocycles. The molecule has 4 nitrogen and oxygen atoms in total. The maximum absolute atomic E-state index is 14.4. The van der Waals surface area contributed by atoms with Gasteiger partial charge in [0.2, 0.25) is 11.6 Å². The van der Waals surface area contributed by atoms with Crippen molar-refractivity contribution in [3.05, 3.63) is 23.3 Å². The summed E-state index contributed by atoms with van der Waals surface area (Å²) in [4.78, 5) is -0.803. The monoisotopic (exact) mass is 525 g/mol. The van der Waals surface area contributed by atoms with E-state index in [0.29, 0.717) is 0 Å². The molecule has 0 radical (unpaired) electrons. The van der Waals surface area contributed by atoms with Gasteiger partial charge in [0.05, 0.1) is 18.6 Å². The lowest BCUT2D eigenvalue weighted by molar-refractivity contribution is -0.777. The van der Waals surface area contributed by atoms with Gasteiger partial charge in [-0.05, 0) is 18.8 Å². The molecule has 0 saturated carbocycles. The average Bonchev–Trinajstić information content (AvgIpc) is 2.86. The molecule has 0 spiro atoms. The van der Waals surface area contributed by atoms with Crippen LogP contribution in [0.15, 0.2) is 4.90 Å². The van der Waals surface area contributed by atoms with Gasteiger partial charge in [-0.2, -0.15) is 8.72 Å². The van der Waals surface area contributed by atoms with E-state index in [1.165, 1.54) is 51.4 Å². The predicted molar refractivity (Wildman–Crippen MR) is 129 cm³/mol. The number of hydrogen-bond donors (Lipinski definition) is 0. The summed E-state index contributed by atoms with van der Waals surface area (Å²) in [7, 11) is 0. The molecule has 1 aromatic carbocycles. The van der Waals surface area contributed by atoms with Gasteiger partial charge in [-0.25, -0.2) is 13.2 Å². The molecule has 0 bridgehead atoms. The Hall–Kier alpha value is -1.03. The summed E-state index contributed by atoms with van der Waals surface area (Å²) in [5, 5.41) is 13.3. The molecule has 204 valence electrons. The van der Waals surface area contributed by atoms with Crippen molar-refractivity contribution < 1.29 is 36.9 Å². The van der Waals surface area contributed by atoms with Crippen molar-refractivity contribution in [3.8, 4) is 5.75 Å². The Morgan fingerprint density at radius 2 is 1.11 bits per heavy atom. The highest BCUT2D eigenvalue weighted by Gasteiger charge is 2.28. The van der Waals surface area contributed by atoms with Crippen LogP contribution in [0.3, 0.4) is 0 Å². The van der Waals surface area contributed by atoms with Crippen LogP contribution in [0.4, 0.5) is 17.6 Å². The smallest absolute Gasteiger partial charge is 0.205 e. The first-order valence-electron chi connectivity index (χ1n) is 13.1. The largest absolute Gasteiger partial charge is 0.691 e. The van der Waals surface area contributed by atoms with E-state index in [2.05, 4.69) is 23.2 Å². The summed E-state index contributed by atoms with van der Waals surface area (Å²) < 4.78 is 65.5. The second-order valence-electron chi connectivity index (χ2n) is 9.13. The topological polar surface area (TPSA) is 50.8 Å². The Balaban J connectivity index is 2.71. The van der Waals surface area contributed by atoms with Crippen molar-refractivity contribution >= 4 is 12.0 Å². The maximum atomic E-state index is 14.4. The lowest BCUT2D eigenvalue weighted by Crippen LogP contribution is -2.15. The number of benzene rings is 1. The molecule has 0 aliphatic heterocycles. The molecular formula is C26H41F4O4S-. The van der Waals surface area contributed by atoms with Crippen molar-refractivity contribution in [3.63, 3.8) is 0 Å². The molecule has 0 aliphatic rings. The summed E-state index contributed by atoms with van der Waals surface area (Å²) >= 11 is -0.0575. The van der Waals surface area contributed by atoms with E-state index in [1.807, 2.05) is 0 Å². The fourth-order valence-corrected chi connectivity index (χ4v) is 4.62. The number of ether oxygens (including phenoxy) is 1. The molecule has 1 atom stereocenters. The molecule has 0 amide bonds. The first kappa shape index (κ1) is 32.0. The predicted octanol–water partition coefficient (Wildman–Crippen LogP) is 8.75.